The van der Waals surface area contributed by atoms with Crippen LogP contribution in [0, 0.1) is 6.92 Å². The Hall–Kier alpha value is -0.420. The van der Waals surface area contributed by atoms with Crippen molar-refractivity contribution in [2.45, 2.75) is 31.8 Å². The number of hydrogen-bond donors (Lipinski definition) is 5. The monoisotopic (exact) mass is 574 g/mol. The zero-order valence-corrected chi connectivity index (χ0v) is 21.2. The van der Waals surface area contributed by atoms with E-state index in [0.717, 1.165) is 4.57 Å². The van der Waals surface area contributed by atoms with Gasteiger partial charge < -0.3 is 29.0 Å². The third-order valence-electron chi connectivity index (χ3n) is 3.90. The van der Waals surface area contributed by atoms with Crippen LogP contribution in [0.5, 0.6) is 0 Å². The second-order valence-corrected chi connectivity index (χ2v) is 14.1. The van der Waals surface area contributed by atoms with Crippen molar-refractivity contribution in [2.75, 3.05) is 18.8 Å². The fraction of sp³-hybridized carbons (Fsp3) is 0.667. The summed E-state index contributed by atoms with van der Waals surface area (Å²) in [6.07, 6.45) is 0.0978. The van der Waals surface area contributed by atoms with Gasteiger partial charge in [0.2, 0.25) is 0 Å². The molecule has 0 spiro atoms. The number of nitrogens with one attached hydrogen (secondary N) is 1. The zero-order valence-electron chi connectivity index (χ0n) is 16.9. The van der Waals surface area contributed by atoms with E-state index in [2.05, 4.69) is 18.1 Å². The number of aromatic nitrogens is 2. The summed E-state index contributed by atoms with van der Waals surface area (Å²) in [7, 11) is -17.2. The van der Waals surface area contributed by atoms with Gasteiger partial charge >= 0.3 is 29.2 Å². The predicted molar refractivity (Wildman–Crippen MR) is 115 cm³/mol. The molecule has 1 aliphatic rings. The maximum atomic E-state index is 12.1. The van der Waals surface area contributed by atoms with E-state index in [1.807, 2.05) is 0 Å². The van der Waals surface area contributed by atoms with Crippen molar-refractivity contribution in [1.29, 1.82) is 0 Å². The van der Waals surface area contributed by atoms with Gasteiger partial charge in [0.25, 0.3) is 5.56 Å². The van der Waals surface area contributed by atoms with Crippen LogP contribution in [0.1, 0.15) is 18.2 Å². The topological polar surface area (TPSA) is 233 Å². The molecule has 0 bridgehead atoms. The third-order valence-corrected chi connectivity index (χ3v) is 8.46. The Bertz CT molecular complexity index is 1150. The molecule has 1 aromatic heterocycles. The molecule has 2 heterocycles. The Balaban J connectivity index is 2.16. The standard InChI is InChI=1S/C12H21N2O14P3S2/c1-7-4-14(12(16)13-11(7)15)10-3-8(24-6-33(2)32)9(26-10)5-25-30(20,21)28-31(22,23)27-29(17,18)19/h4,8-10H,3,5-6H2,1-2H3,(H,20,21)(H,22,23)(H,13,15,16)(H2,17,18,19)/t8?,9-,10-,33?/m1/s1. The minimum atomic E-state index is -5.68. The maximum Gasteiger partial charge on any atom is 0.490 e. The highest BCUT2D eigenvalue weighted by Gasteiger charge is 2.43. The number of ether oxygens (including phenoxy) is 2. The summed E-state index contributed by atoms with van der Waals surface area (Å²) < 4.78 is 58.4. The van der Waals surface area contributed by atoms with E-state index in [1.54, 1.807) is 6.26 Å². The summed E-state index contributed by atoms with van der Waals surface area (Å²) in [5.41, 5.74) is -1.15. The van der Waals surface area contributed by atoms with Gasteiger partial charge in [-0.1, -0.05) is 9.45 Å². The lowest BCUT2D eigenvalue weighted by Gasteiger charge is -2.21. The van der Waals surface area contributed by atoms with Gasteiger partial charge in [-0.2, -0.15) is 8.62 Å². The molecule has 4 unspecified atom stereocenters. The SMILES string of the molecule is Cc1cn([C@H]2CC(OCS(C)=S)[C@@H](COP(=O)(O)OP(=O)(O)OP(=O)(O)O)O2)c(=O)[nH]c1=O. The summed E-state index contributed by atoms with van der Waals surface area (Å²) in [5, 5.41) is 0. The molecule has 33 heavy (non-hydrogen) atoms. The van der Waals surface area contributed by atoms with Crippen LogP contribution in [0.4, 0.5) is 0 Å². The largest absolute Gasteiger partial charge is 0.490 e. The second kappa shape index (κ2) is 11.1. The molecule has 190 valence electrons. The first-order chi connectivity index (χ1) is 15.0. The van der Waals surface area contributed by atoms with Crippen LogP contribution in [0.2, 0.25) is 0 Å². The number of aromatic amines is 1. The van der Waals surface area contributed by atoms with E-state index in [1.165, 1.54) is 13.1 Å². The fourth-order valence-corrected chi connectivity index (χ4v) is 6.21. The van der Waals surface area contributed by atoms with Crippen LogP contribution in [-0.4, -0.2) is 60.1 Å². The normalized spacial score (nSPS) is 25.9. The molecule has 1 aliphatic heterocycles. The summed E-state index contributed by atoms with van der Waals surface area (Å²) in [6, 6.07) is 0. The van der Waals surface area contributed by atoms with E-state index in [4.69, 9.17) is 30.4 Å². The summed E-state index contributed by atoms with van der Waals surface area (Å²) in [4.78, 5) is 61.8. The molecule has 1 saturated heterocycles. The van der Waals surface area contributed by atoms with Gasteiger partial charge in [0.1, 0.15) is 12.3 Å². The van der Waals surface area contributed by atoms with Crippen LogP contribution in [0.15, 0.2) is 15.8 Å². The van der Waals surface area contributed by atoms with E-state index in [0.29, 0.717) is 0 Å². The van der Waals surface area contributed by atoms with E-state index < -0.39 is 69.2 Å². The van der Waals surface area contributed by atoms with Crippen LogP contribution >= 0.6 is 23.5 Å². The molecule has 16 nitrogen and oxygen atoms in total. The van der Waals surface area contributed by atoms with Crippen molar-refractivity contribution < 1.29 is 55.9 Å². The molecule has 1 fully saturated rings. The molecule has 0 aliphatic carbocycles. The van der Waals surface area contributed by atoms with E-state index in [9.17, 15) is 33.1 Å². The van der Waals surface area contributed by atoms with Gasteiger partial charge in [0.15, 0.2) is 0 Å². The first kappa shape index (κ1) is 28.8. The molecule has 1 aromatic rings. The van der Waals surface area contributed by atoms with Crippen molar-refractivity contribution in [3.05, 3.63) is 32.6 Å². The molecule has 0 radical (unpaired) electrons. The number of rotatable bonds is 11. The van der Waals surface area contributed by atoms with Gasteiger partial charge in [0, 0.05) is 18.2 Å². The van der Waals surface area contributed by atoms with E-state index >= 15 is 0 Å². The van der Waals surface area contributed by atoms with Gasteiger partial charge in [-0.3, -0.25) is 18.9 Å². The Labute approximate surface area is 192 Å². The Morgan fingerprint density at radius 3 is 2.42 bits per heavy atom. The van der Waals surface area contributed by atoms with Gasteiger partial charge in [0.05, 0.1) is 18.6 Å². The number of H-pyrrole nitrogens is 1. The number of phosphoric acid groups is 3. The molecular formula is C12H21N2O14P3S2. The molecule has 21 heteroatoms. The van der Waals surface area contributed by atoms with Crippen LogP contribution in [0.3, 0.4) is 0 Å². The molecule has 2 rings (SSSR count). The molecule has 0 saturated carbocycles. The van der Waals surface area contributed by atoms with Crippen molar-refractivity contribution >= 4 is 44.1 Å². The molecule has 5 N–H and O–H groups in total. The van der Waals surface area contributed by atoms with Gasteiger partial charge in [-0.15, -0.1) is 0 Å². The van der Waals surface area contributed by atoms with E-state index in [-0.39, 0.29) is 17.9 Å². The first-order valence-electron chi connectivity index (χ1n) is 8.65. The number of nitrogens with zero attached hydrogens (tertiary/aromatic N) is 1. The average Bonchev–Trinajstić information content (AvgIpc) is 3.01. The lowest BCUT2D eigenvalue weighted by Crippen LogP contribution is -2.33. The molecular weight excluding hydrogens is 553 g/mol. The van der Waals surface area contributed by atoms with Crippen molar-refractivity contribution in [3.8, 4) is 0 Å². The van der Waals surface area contributed by atoms with Crippen molar-refractivity contribution in [3.63, 3.8) is 0 Å². The Morgan fingerprint density at radius 2 is 1.85 bits per heavy atom. The predicted octanol–water partition coefficient (Wildman–Crippen LogP) is -0.471. The van der Waals surface area contributed by atoms with Crippen LogP contribution in [-0.2, 0) is 57.0 Å². The number of hydrogen-bond acceptors (Lipinski definition) is 11. The van der Waals surface area contributed by atoms with Gasteiger partial charge in [-0.25, -0.2) is 18.5 Å². The number of phosphoric ester groups is 1. The minimum absolute atomic E-state index is 0.0440. The highest BCUT2D eigenvalue weighted by Crippen LogP contribution is 2.66. The lowest BCUT2D eigenvalue weighted by molar-refractivity contribution is -0.0545. The minimum Gasteiger partial charge on any atom is -0.364 e. The number of aryl methyl sites for hydroxylation is 1. The van der Waals surface area contributed by atoms with Crippen molar-refractivity contribution in [1.82, 2.24) is 9.55 Å². The molecule has 0 aromatic carbocycles. The molecule has 0 amide bonds. The average molecular weight is 574 g/mol. The maximum absolute atomic E-state index is 12.1. The lowest BCUT2D eigenvalue weighted by atomic mass is 10.2. The van der Waals surface area contributed by atoms with Gasteiger partial charge in [-0.05, 0) is 24.4 Å². The highest BCUT2D eigenvalue weighted by molar-refractivity contribution is 8.28. The fourth-order valence-electron chi connectivity index (χ4n) is 2.65. The quantitative estimate of drug-likeness (QED) is 0.210. The zero-order chi connectivity index (χ0) is 25.2. The first-order valence-corrected chi connectivity index (χ1v) is 15.9. The summed E-state index contributed by atoms with van der Waals surface area (Å²) >= 11 is 5.05. The second-order valence-electron chi connectivity index (χ2n) is 6.63. The summed E-state index contributed by atoms with van der Waals surface area (Å²) in [5.74, 6) is 0.0986. The third kappa shape index (κ3) is 9.28. The Kier molecular flexibility index (Phi) is 9.69. The van der Waals surface area contributed by atoms with Crippen LogP contribution < -0.4 is 11.2 Å². The summed E-state index contributed by atoms with van der Waals surface area (Å²) in [6.45, 7) is 0.696. The van der Waals surface area contributed by atoms with Crippen LogP contribution in [0.25, 0.3) is 0 Å². The highest BCUT2D eigenvalue weighted by atomic mass is 32.8. The molecule has 6 atom stereocenters. The smallest absolute Gasteiger partial charge is 0.364 e. The Morgan fingerprint density at radius 1 is 1.21 bits per heavy atom. The van der Waals surface area contributed by atoms with Crippen molar-refractivity contribution in [2.24, 2.45) is 0 Å².